The minimum absolute atomic E-state index is 0.200. The van der Waals surface area contributed by atoms with Crippen LogP contribution in [0, 0.1) is 13.2 Å². The number of rotatable bonds is 4. The first-order chi connectivity index (χ1) is 8.47. The van der Waals surface area contributed by atoms with Crippen LogP contribution in [0.15, 0.2) is 22.6 Å². The molecule has 1 aromatic carbocycles. The van der Waals surface area contributed by atoms with E-state index in [4.69, 9.17) is 4.42 Å². The SMILES string of the molecule is Cc1[c]oc2cccc(CCCNC(C)(C)C)c12. The monoisotopic (exact) mass is 244 g/mol. The van der Waals surface area contributed by atoms with E-state index in [-0.39, 0.29) is 5.54 Å². The Morgan fingerprint density at radius 1 is 1.28 bits per heavy atom. The van der Waals surface area contributed by atoms with Gasteiger partial charge in [0.05, 0.1) is 0 Å². The molecule has 0 unspecified atom stereocenters. The molecule has 18 heavy (non-hydrogen) atoms. The highest BCUT2D eigenvalue weighted by Crippen LogP contribution is 2.24. The highest BCUT2D eigenvalue weighted by Gasteiger charge is 2.09. The minimum Gasteiger partial charge on any atom is -0.452 e. The van der Waals surface area contributed by atoms with Crippen molar-refractivity contribution in [3.63, 3.8) is 0 Å². The zero-order valence-corrected chi connectivity index (χ0v) is 11.8. The van der Waals surface area contributed by atoms with Gasteiger partial charge in [0, 0.05) is 16.5 Å². The summed E-state index contributed by atoms with van der Waals surface area (Å²) in [5.74, 6) is 0. The van der Waals surface area contributed by atoms with Gasteiger partial charge in [0.25, 0.3) is 0 Å². The quantitative estimate of drug-likeness (QED) is 0.826. The van der Waals surface area contributed by atoms with Gasteiger partial charge in [-0.15, -0.1) is 0 Å². The molecule has 2 rings (SSSR count). The molecule has 2 aromatic rings. The fourth-order valence-corrected chi connectivity index (χ4v) is 2.22. The average molecular weight is 244 g/mol. The van der Waals surface area contributed by atoms with E-state index >= 15 is 0 Å². The Labute approximate surface area is 109 Å². The summed E-state index contributed by atoms with van der Waals surface area (Å²) in [7, 11) is 0. The minimum atomic E-state index is 0.200. The summed E-state index contributed by atoms with van der Waals surface area (Å²) >= 11 is 0. The lowest BCUT2D eigenvalue weighted by molar-refractivity contribution is 0.422. The first-order valence-corrected chi connectivity index (χ1v) is 6.61. The van der Waals surface area contributed by atoms with E-state index in [0.29, 0.717) is 0 Å². The van der Waals surface area contributed by atoms with Gasteiger partial charge in [0.1, 0.15) is 5.58 Å². The predicted molar refractivity (Wildman–Crippen MR) is 75.9 cm³/mol. The van der Waals surface area contributed by atoms with E-state index in [1.165, 1.54) is 10.9 Å². The van der Waals surface area contributed by atoms with E-state index in [1.807, 2.05) is 6.07 Å². The second-order valence-corrected chi connectivity index (χ2v) is 5.90. The molecule has 1 heterocycles. The number of benzene rings is 1. The normalized spacial score (nSPS) is 12.2. The number of fused-ring (bicyclic) bond motifs is 1. The molecule has 0 atom stereocenters. The Kier molecular flexibility index (Phi) is 3.76. The molecular formula is C16H22NO. The van der Waals surface area contributed by atoms with Crippen molar-refractivity contribution in [1.82, 2.24) is 5.32 Å². The Morgan fingerprint density at radius 3 is 2.78 bits per heavy atom. The van der Waals surface area contributed by atoms with Crippen molar-refractivity contribution in [2.24, 2.45) is 0 Å². The second-order valence-electron chi connectivity index (χ2n) is 5.90. The molecule has 1 aromatic heterocycles. The van der Waals surface area contributed by atoms with Crippen LogP contribution < -0.4 is 5.32 Å². The fourth-order valence-electron chi connectivity index (χ4n) is 2.22. The van der Waals surface area contributed by atoms with Crippen LogP contribution in [0.4, 0.5) is 0 Å². The molecule has 0 amide bonds. The van der Waals surface area contributed by atoms with Crippen molar-refractivity contribution in [3.8, 4) is 0 Å². The summed E-state index contributed by atoms with van der Waals surface area (Å²) in [5, 5.41) is 4.76. The molecule has 0 saturated carbocycles. The molecule has 97 valence electrons. The molecule has 0 aliphatic rings. The molecule has 0 fully saturated rings. The van der Waals surface area contributed by atoms with Crippen LogP contribution in [0.3, 0.4) is 0 Å². The van der Waals surface area contributed by atoms with Crippen molar-refractivity contribution >= 4 is 11.0 Å². The lowest BCUT2D eigenvalue weighted by Gasteiger charge is -2.20. The van der Waals surface area contributed by atoms with Gasteiger partial charge in [-0.05, 0) is 58.7 Å². The summed E-state index contributed by atoms with van der Waals surface area (Å²) in [4.78, 5) is 0. The van der Waals surface area contributed by atoms with Gasteiger partial charge in [-0.25, -0.2) is 0 Å². The van der Waals surface area contributed by atoms with Crippen LogP contribution in [0.25, 0.3) is 11.0 Å². The van der Waals surface area contributed by atoms with Crippen LogP contribution in [0.2, 0.25) is 0 Å². The number of hydrogen-bond acceptors (Lipinski definition) is 2. The highest BCUT2D eigenvalue weighted by molar-refractivity contribution is 5.84. The molecule has 0 saturated heterocycles. The fraction of sp³-hybridized carbons (Fsp3) is 0.500. The lowest BCUT2D eigenvalue weighted by Crippen LogP contribution is -2.36. The summed E-state index contributed by atoms with van der Waals surface area (Å²) in [6.07, 6.45) is 5.16. The predicted octanol–water partition coefficient (Wildman–Crippen LogP) is 3.86. The van der Waals surface area contributed by atoms with Crippen molar-refractivity contribution in [2.75, 3.05) is 6.54 Å². The maximum Gasteiger partial charge on any atom is 0.173 e. The molecule has 2 nitrogen and oxygen atoms in total. The van der Waals surface area contributed by atoms with E-state index in [9.17, 15) is 0 Å². The van der Waals surface area contributed by atoms with E-state index in [1.54, 1.807) is 0 Å². The second kappa shape index (κ2) is 5.15. The van der Waals surface area contributed by atoms with Crippen molar-refractivity contribution in [3.05, 3.63) is 35.6 Å². The van der Waals surface area contributed by atoms with E-state index in [0.717, 1.165) is 30.5 Å². The third-order valence-corrected chi connectivity index (χ3v) is 3.08. The van der Waals surface area contributed by atoms with E-state index < -0.39 is 0 Å². The maximum absolute atomic E-state index is 5.41. The molecule has 0 bridgehead atoms. The summed E-state index contributed by atoms with van der Waals surface area (Å²) in [5.41, 5.74) is 3.63. The molecule has 0 spiro atoms. The third-order valence-electron chi connectivity index (χ3n) is 3.08. The first kappa shape index (κ1) is 13.2. The number of aryl methyl sites for hydroxylation is 2. The van der Waals surface area contributed by atoms with Crippen LogP contribution >= 0.6 is 0 Å². The van der Waals surface area contributed by atoms with Gasteiger partial charge in [-0.1, -0.05) is 12.1 Å². The largest absolute Gasteiger partial charge is 0.452 e. The first-order valence-electron chi connectivity index (χ1n) is 6.61. The van der Waals surface area contributed by atoms with Crippen LogP contribution in [-0.4, -0.2) is 12.1 Å². The topological polar surface area (TPSA) is 25.2 Å². The van der Waals surface area contributed by atoms with Crippen molar-refractivity contribution in [1.29, 1.82) is 0 Å². The Balaban J connectivity index is 2.02. The lowest BCUT2D eigenvalue weighted by atomic mass is 10.0. The summed E-state index contributed by atoms with van der Waals surface area (Å²) in [6.45, 7) is 9.69. The van der Waals surface area contributed by atoms with Crippen LogP contribution in [0.1, 0.15) is 38.3 Å². The van der Waals surface area contributed by atoms with Gasteiger partial charge in [-0.3, -0.25) is 0 Å². The zero-order valence-electron chi connectivity index (χ0n) is 11.8. The molecule has 2 heteroatoms. The smallest absolute Gasteiger partial charge is 0.173 e. The maximum atomic E-state index is 5.41. The van der Waals surface area contributed by atoms with Crippen LogP contribution in [0.5, 0.6) is 0 Å². The van der Waals surface area contributed by atoms with Crippen molar-refractivity contribution in [2.45, 2.75) is 46.1 Å². The summed E-state index contributed by atoms with van der Waals surface area (Å²) in [6, 6.07) is 6.26. The molecule has 0 aliphatic heterocycles. The Hall–Kier alpha value is -1.28. The number of furan rings is 1. The van der Waals surface area contributed by atoms with Crippen LogP contribution in [-0.2, 0) is 6.42 Å². The Bertz CT molecular complexity index is 519. The van der Waals surface area contributed by atoms with Gasteiger partial charge in [-0.2, -0.15) is 0 Å². The van der Waals surface area contributed by atoms with Gasteiger partial charge in [0.15, 0.2) is 6.26 Å². The highest BCUT2D eigenvalue weighted by atomic mass is 16.3. The average Bonchev–Trinajstić information content (AvgIpc) is 2.66. The Morgan fingerprint density at radius 2 is 2.06 bits per heavy atom. The molecule has 0 aliphatic carbocycles. The zero-order chi connectivity index (χ0) is 13.2. The van der Waals surface area contributed by atoms with Crippen molar-refractivity contribution < 1.29 is 4.42 Å². The third kappa shape index (κ3) is 3.14. The number of hydrogen-bond donors (Lipinski definition) is 1. The van der Waals surface area contributed by atoms with E-state index in [2.05, 4.69) is 51.4 Å². The standard InChI is InChI=1S/C16H22NO/c1-12-11-18-14-9-5-7-13(15(12)14)8-6-10-17-16(2,3)4/h5,7,9,17H,6,8,10H2,1-4H3. The summed E-state index contributed by atoms with van der Waals surface area (Å²) < 4.78 is 5.41. The van der Waals surface area contributed by atoms with Gasteiger partial charge >= 0.3 is 0 Å². The molecule has 1 N–H and O–H groups in total. The molecular weight excluding hydrogens is 222 g/mol. The molecule has 1 radical (unpaired) electrons. The van der Waals surface area contributed by atoms with Gasteiger partial charge in [0.2, 0.25) is 0 Å². The number of nitrogens with one attached hydrogen (secondary N) is 1. The van der Waals surface area contributed by atoms with Gasteiger partial charge < -0.3 is 9.73 Å².